The second-order valence-electron chi connectivity index (χ2n) is 6.72. The Bertz CT molecular complexity index is 742. The molecule has 3 N–H and O–H groups in total. The molecule has 1 heterocycles. The van der Waals surface area contributed by atoms with Crippen molar-refractivity contribution in [1.82, 2.24) is 4.90 Å². The number of carbonyl (C=O) groups is 1. The number of hydrogen-bond donors (Lipinski definition) is 2. The first-order valence-electron chi connectivity index (χ1n) is 8.91. The third-order valence-corrected chi connectivity index (χ3v) is 4.94. The van der Waals surface area contributed by atoms with E-state index in [4.69, 9.17) is 17.3 Å². The number of rotatable bonds is 6. The molecule has 6 heteroatoms. The molecule has 3 rings (SSSR count). The largest absolute Gasteiger partial charge is 0.381 e. The zero-order valence-corrected chi connectivity index (χ0v) is 15.7. The number of hydrogen-bond acceptors (Lipinski definition) is 4. The lowest BCUT2D eigenvalue weighted by Gasteiger charge is -2.37. The maximum atomic E-state index is 11.5. The SMILES string of the molecule is CC(CN1CCN(c2ccc(Cl)cc2)CC1)Nc1ccccc1C(N)=O. The molecule has 2 aromatic rings. The molecule has 1 atom stereocenters. The second kappa shape index (κ2) is 8.43. The van der Waals surface area contributed by atoms with Crippen LogP contribution >= 0.6 is 11.6 Å². The summed E-state index contributed by atoms with van der Waals surface area (Å²) in [7, 11) is 0. The normalized spacial score (nSPS) is 16.3. The van der Waals surface area contributed by atoms with E-state index in [0.29, 0.717) is 5.56 Å². The van der Waals surface area contributed by atoms with Gasteiger partial charge in [-0.2, -0.15) is 0 Å². The van der Waals surface area contributed by atoms with Crippen LogP contribution < -0.4 is 16.0 Å². The van der Waals surface area contributed by atoms with Crippen LogP contribution in [0.25, 0.3) is 0 Å². The molecule has 0 radical (unpaired) electrons. The number of para-hydroxylation sites is 1. The Morgan fingerprint density at radius 2 is 1.77 bits per heavy atom. The summed E-state index contributed by atoms with van der Waals surface area (Å²) in [5.41, 5.74) is 8.00. The smallest absolute Gasteiger partial charge is 0.250 e. The zero-order valence-electron chi connectivity index (χ0n) is 15.0. The lowest BCUT2D eigenvalue weighted by Crippen LogP contribution is -2.49. The Kier molecular flexibility index (Phi) is 6.01. The average molecular weight is 373 g/mol. The average Bonchev–Trinajstić information content (AvgIpc) is 2.63. The van der Waals surface area contributed by atoms with Gasteiger partial charge < -0.3 is 16.0 Å². The molecule has 1 aliphatic heterocycles. The number of carbonyl (C=O) groups excluding carboxylic acids is 1. The first-order valence-corrected chi connectivity index (χ1v) is 9.29. The number of benzene rings is 2. The fourth-order valence-corrected chi connectivity index (χ4v) is 3.49. The second-order valence-corrected chi connectivity index (χ2v) is 7.16. The van der Waals surface area contributed by atoms with Crippen molar-refractivity contribution in [1.29, 1.82) is 0 Å². The monoisotopic (exact) mass is 372 g/mol. The number of anilines is 2. The standard InChI is InChI=1S/C20H25ClN4O/c1-15(23-19-5-3-2-4-18(19)20(22)26)14-24-10-12-25(13-11-24)17-8-6-16(21)7-9-17/h2-9,15,23H,10-14H2,1H3,(H2,22,26). The van der Waals surface area contributed by atoms with E-state index in [9.17, 15) is 4.79 Å². The van der Waals surface area contributed by atoms with Crippen molar-refractivity contribution in [3.63, 3.8) is 0 Å². The van der Waals surface area contributed by atoms with Crippen LogP contribution in [0.4, 0.5) is 11.4 Å². The molecule has 1 unspecified atom stereocenters. The summed E-state index contributed by atoms with van der Waals surface area (Å²) < 4.78 is 0. The molecule has 26 heavy (non-hydrogen) atoms. The number of nitrogens with zero attached hydrogens (tertiary/aromatic N) is 2. The molecule has 0 saturated carbocycles. The number of amides is 1. The van der Waals surface area contributed by atoms with E-state index >= 15 is 0 Å². The van der Waals surface area contributed by atoms with Crippen molar-refractivity contribution in [2.24, 2.45) is 5.73 Å². The maximum Gasteiger partial charge on any atom is 0.250 e. The fraction of sp³-hybridized carbons (Fsp3) is 0.350. The van der Waals surface area contributed by atoms with Crippen molar-refractivity contribution in [3.05, 3.63) is 59.1 Å². The first kappa shape index (κ1) is 18.5. The summed E-state index contributed by atoms with van der Waals surface area (Å²) in [5.74, 6) is -0.406. The van der Waals surface area contributed by atoms with Gasteiger partial charge in [-0.3, -0.25) is 9.69 Å². The molecular formula is C20H25ClN4O. The Morgan fingerprint density at radius 3 is 2.42 bits per heavy atom. The summed E-state index contributed by atoms with van der Waals surface area (Å²) >= 11 is 5.97. The summed E-state index contributed by atoms with van der Waals surface area (Å²) in [6.07, 6.45) is 0. The van der Waals surface area contributed by atoms with Gasteiger partial charge in [-0.1, -0.05) is 23.7 Å². The molecule has 5 nitrogen and oxygen atoms in total. The van der Waals surface area contributed by atoms with Gasteiger partial charge in [-0.25, -0.2) is 0 Å². The Balaban J connectivity index is 1.51. The third kappa shape index (κ3) is 4.68. The van der Waals surface area contributed by atoms with Gasteiger partial charge in [-0.05, 0) is 43.3 Å². The summed E-state index contributed by atoms with van der Waals surface area (Å²) in [5, 5.41) is 4.18. The molecule has 1 amide bonds. The van der Waals surface area contributed by atoms with Crippen LogP contribution in [-0.2, 0) is 0 Å². The lowest BCUT2D eigenvalue weighted by atomic mass is 10.1. The van der Waals surface area contributed by atoms with E-state index in [1.54, 1.807) is 6.07 Å². The maximum absolute atomic E-state index is 11.5. The highest BCUT2D eigenvalue weighted by molar-refractivity contribution is 6.30. The van der Waals surface area contributed by atoms with Crippen LogP contribution in [0.2, 0.25) is 5.02 Å². The van der Waals surface area contributed by atoms with Crippen molar-refractivity contribution < 1.29 is 4.79 Å². The van der Waals surface area contributed by atoms with Gasteiger partial charge in [0.2, 0.25) is 0 Å². The third-order valence-electron chi connectivity index (χ3n) is 4.69. The van der Waals surface area contributed by atoms with E-state index < -0.39 is 5.91 Å². The van der Waals surface area contributed by atoms with Gasteiger partial charge in [0.05, 0.1) is 5.56 Å². The highest BCUT2D eigenvalue weighted by atomic mass is 35.5. The van der Waals surface area contributed by atoms with Crippen molar-refractivity contribution in [2.45, 2.75) is 13.0 Å². The molecule has 138 valence electrons. The predicted molar refractivity (Wildman–Crippen MR) is 108 cm³/mol. The van der Waals surface area contributed by atoms with Gasteiger partial charge in [0.25, 0.3) is 5.91 Å². The predicted octanol–water partition coefficient (Wildman–Crippen LogP) is 3.06. The van der Waals surface area contributed by atoms with Crippen LogP contribution in [0.15, 0.2) is 48.5 Å². The fourth-order valence-electron chi connectivity index (χ4n) is 3.36. The molecule has 0 spiro atoms. The van der Waals surface area contributed by atoms with Crippen LogP contribution in [0.5, 0.6) is 0 Å². The Hall–Kier alpha value is -2.24. The minimum atomic E-state index is -0.406. The quantitative estimate of drug-likeness (QED) is 0.818. The van der Waals surface area contributed by atoms with E-state index in [2.05, 4.69) is 34.2 Å². The summed E-state index contributed by atoms with van der Waals surface area (Å²) in [6, 6.07) is 15.6. The van der Waals surface area contributed by atoms with Crippen molar-refractivity contribution in [2.75, 3.05) is 42.9 Å². The molecule has 1 aliphatic rings. The van der Waals surface area contributed by atoms with Gasteiger partial charge in [0, 0.05) is 55.2 Å². The van der Waals surface area contributed by atoms with Crippen LogP contribution in [0.3, 0.4) is 0 Å². The molecule has 0 bridgehead atoms. The van der Waals surface area contributed by atoms with Crippen molar-refractivity contribution in [3.8, 4) is 0 Å². The van der Waals surface area contributed by atoms with E-state index in [1.807, 2.05) is 30.3 Å². The number of piperazine rings is 1. The van der Waals surface area contributed by atoms with Gasteiger partial charge in [0.1, 0.15) is 0 Å². The summed E-state index contributed by atoms with van der Waals surface area (Å²) in [4.78, 5) is 16.4. The number of primary amides is 1. The summed E-state index contributed by atoms with van der Waals surface area (Å²) in [6.45, 7) is 7.04. The number of halogens is 1. The van der Waals surface area contributed by atoms with E-state index in [1.165, 1.54) is 5.69 Å². The van der Waals surface area contributed by atoms with E-state index in [-0.39, 0.29) is 6.04 Å². The van der Waals surface area contributed by atoms with Crippen LogP contribution in [0.1, 0.15) is 17.3 Å². The van der Waals surface area contributed by atoms with Gasteiger partial charge in [0.15, 0.2) is 0 Å². The Labute approximate surface area is 159 Å². The van der Waals surface area contributed by atoms with Gasteiger partial charge >= 0.3 is 0 Å². The zero-order chi connectivity index (χ0) is 18.5. The highest BCUT2D eigenvalue weighted by Gasteiger charge is 2.19. The molecule has 1 fully saturated rings. The number of nitrogens with two attached hydrogens (primary N) is 1. The molecule has 2 aromatic carbocycles. The minimum absolute atomic E-state index is 0.220. The first-order chi connectivity index (χ1) is 12.5. The lowest BCUT2D eigenvalue weighted by molar-refractivity contribution is 0.100. The molecule has 0 aliphatic carbocycles. The minimum Gasteiger partial charge on any atom is -0.381 e. The van der Waals surface area contributed by atoms with Crippen molar-refractivity contribution >= 4 is 28.9 Å². The van der Waals surface area contributed by atoms with Crippen LogP contribution in [0, 0.1) is 0 Å². The Morgan fingerprint density at radius 1 is 1.12 bits per heavy atom. The number of nitrogens with one attached hydrogen (secondary N) is 1. The molecular weight excluding hydrogens is 348 g/mol. The topological polar surface area (TPSA) is 61.6 Å². The van der Waals surface area contributed by atoms with Crippen LogP contribution in [-0.4, -0.2) is 49.6 Å². The van der Waals surface area contributed by atoms with E-state index in [0.717, 1.165) is 43.4 Å². The molecule has 1 saturated heterocycles. The highest BCUT2D eigenvalue weighted by Crippen LogP contribution is 2.20. The van der Waals surface area contributed by atoms with Gasteiger partial charge in [-0.15, -0.1) is 0 Å². The molecule has 0 aromatic heterocycles.